The molecule has 4 nitrogen and oxygen atoms in total. The van der Waals surface area contributed by atoms with E-state index in [9.17, 15) is 9.59 Å². The van der Waals surface area contributed by atoms with Crippen LogP contribution in [0.15, 0.2) is 22.7 Å². The summed E-state index contributed by atoms with van der Waals surface area (Å²) in [4.78, 5) is 24.9. The van der Waals surface area contributed by atoms with Gasteiger partial charge in [0.15, 0.2) is 0 Å². The van der Waals surface area contributed by atoms with Crippen LogP contribution in [0.3, 0.4) is 0 Å². The Morgan fingerprint density at radius 1 is 1.44 bits per heavy atom. The van der Waals surface area contributed by atoms with Crippen molar-refractivity contribution in [1.29, 1.82) is 0 Å². The predicted octanol–water partition coefficient (Wildman–Crippen LogP) is 2.45. The van der Waals surface area contributed by atoms with E-state index in [1.54, 1.807) is 12.1 Å². The van der Waals surface area contributed by atoms with E-state index in [4.69, 9.17) is 5.11 Å². The highest BCUT2D eigenvalue weighted by Gasteiger charge is 2.34. The van der Waals surface area contributed by atoms with Gasteiger partial charge in [0.25, 0.3) is 5.91 Å². The summed E-state index contributed by atoms with van der Waals surface area (Å²) in [5, 5.41) is 9.10. The van der Waals surface area contributed by atoms with Crippen molar-refractivity contribution in [1.82, 2.24) is 4.90 Å². The van der Waals surface area contributed by atoms with E-state index in [0.29, 0.717) is 18.5 Å². The summed E-state index contributed by atoms with van der Waals surface area (Å²) >= 11 is 3.39. The molecule has 18 heavy (non-hydrogen) atoms. The van der Waals surface area contributed by atoms with Crippen LogP contribution in [0.1, 0.15) is 28.8 Å². The van der Waals surface area contributed by atoms with Crippen LogP contribution in [0.5, 0.6) is 0 Å². The standard InChI is InChI=1S/C13H14BrNO3/c1-8-4-2-5-9(11(8)14)12(16)15-7-3-6-10(15)13(17)18/h2,4-5,10H,3,6-7H2,1H3,(H,17,18). The van der Waals surface area contributed by atoms with Gasteiger partial charge in [-0.05, 0) is 47.3 Å². The lowest BCUT2D eigenvalue weighted by molar-refractivity contribution is -0.141. The number of rotatable bonds is 2. The van der Waals surface area contributed by atoms with Crippen LogP contribution in [0.2, 0.25) is 0 Å². The molecule has 1 heterocycles. The Labute approximate surface area is 114 Å². The Bertz CT molecular complexity index is 501. The number of carboxylic acids is 1. The molecular formula is C13H14BrNO3. The van der Waals surface area contributed by atoms with E-state index in [1.807, 2.05) is 13.0 Å². The summed E-state index contributed by atoms with van der Waals surface area (Å²) < 4.78 is 0.742. The maximum atomic E-state index is 12.4. The third-order valence-corrected chi connectivity index (χ3v) is 4.27. The topological polar surface area (TPSA) is 57.6 Å². The van der Waals surface area contributed by atoms with E-state index in [1.165, 1.54) is 4.90 Å². The van der Waals surface area contributed by atoms with Gasteiger partial charge >= 0.3 is 5.97 Å². The van der Waals surface area contributed by atoms with Crippen LogP contribution in [0.4, 0.5) is 0 Å². The molecule has 1 aromatic rings. The first-order valence-electron chi connectivity index (χ1n) is 5.81. The van der Waals surface area contributed by atoms with Crippen molar-refractivity contribution < 1.29 is 14.7 Å². The number of aliphatic carboxylic acids is 1. The fraction of sp³-hybridized carbons (Fsp3) is 0.385. The van der Waals surface area contributed by atoms with Gasteiger partial charge in [-0.15, -0.1) is 0 Å². The van der Waals surface area contributed by atoms with Gasteiger partial charge in [0.1, 0.15) is 6.04 Å². The zero-order chi connectivity index (χ0) is 13.3. The molecule has 0 aromatic heterocycles. The lowest BCUT2D eigenvalue weighted by Crippen LogP contribution is -2.40. The van der Waals surface area contributed by atoms with Crippen molar-refractivity contribution in [2.45, 2.75) is 25.8 Å². The monoisotopic (exact) mass is 311 g/mol. The molecule has 1 aliphatic heterocycles. The van der Waals surface area contributed by atoms with E-state index in [-0.39, 0.29) is 5.91 Å². The van der Waals surface area contributed by atoms with Gasteiger partial charge < -0.3 is 10.0 Å². The van der Waals surface area contributed by atoms with E-state index in [0.717, 1.165) is 16.5 Å². The third kappa shape index (κ3) is 2.27. The molecule has 0 aliphatic carbocycles. The molecule has 2 rings (SSSR count). The Morgan fingerprint density at radius 3 is 2.83 bits per heavy atom. The Kier molecular flexibility index (Phi) is 3.71. The largest absolute Gasteiger partial charge is 0.480 e. The van der Waals surface area contributed by atoms with Crippen LogP contribution in [0, 0.1) is 6.92 Å². The summed E-state index contributed by atoms with van der Waals surface area (Å²) in [5.41, 5.74) is 1.50. The number of hydrogen-bond acceptors (Lipinski definition) is 2. The molecule has 1 aliphatic rings. The number of benzene rings is 1. The minimum atomic E-state index is -0.926. The van der Waals surface area contributed by atoms with Crippen molar-refractivity contribution in [3.8, 4) is 0 Å². The first-order valence-corrected chi connectivity index (χ1v) is 6.60. The Hall–Kier alpha value is -1.36. The fourth-order valence-electron chi connectivity index (χ4n) is 2.23. The second kappa shape index (κ2) is 5.10. The van der Waals surface area contributed by atoms with Crippen LogP contribution in [0.25, 0.3) is 0 Å². The van der Waals surface area contributed by atoms with Crippen LogP contribution in [-0.4, -0.2) is 34.5 Å². The molecule has 1 N–H and O–H groups in total. The van der Waals surface area contributed by atoms with Gasteiger partial charge in [-0.2, -0.15) is 0 Å². The van der Waals surface area contributed by atoms with Crippen LogP contribution < -0.4 is 0 Å². The van der Waals surface area contributed by atoms with Crippen molar-refractivity contribution in [2.24, 2.45) is 0 Å². The number of hydrogen-bond donors (Lipinski definition) is 1. The van der Waals surface area contributed by atoms with Gasteiger partial charge in [-0.1, -0.05) is 12.1 Å². The van der Waals surface area contributed by atoms with Crippen molar-refractivity contribution >= 4 is 27.8 Å². The van der Waals surface area contributed by atoms with Gasteiger partial charge in [0.05, 0.1) is 5.56 Å². The summed E-state index contributed by atoms with van der Waals surface area (Å²) in [7, 11) is 0. The van der Waals surface area contributed by atoms with E-state index in [2.05, 4.69) is 15.9 Å². The fourth-order valence-corrected chi connectivity index (χ4v) is 2.67. The maximum absolute atomic E-state index is 12.4. The second-order valence-corrected chi connectivity index (χ2v) is 5.22. The van der Waals surface area contributed by atoms with Crippen molar-refractivity contribution in [3.63, 3.8) is 0 Å². The number of halogens is 1. The quantitative estimate of drug-likeness (QED) is 0.912. The lowest BCUT2D eigenvalue weighted by Gasteiger charge is -2.22. The second-order valence-electron chi connectivity index (χ2n) is 4.43. The number of aryl methyl sites for hydroxylation is 1. The first kappa shape index (κ1) is 13.1. The Balaban J connectivity index is 2.31. The third-order valence-electron chi connectivity index (χ3n) is 3.22. The molecule has 5 heteroatoms. The van der Waals surface area contributed by atoms with Gasteiger partial charge in [-0.25, -0.2) is 4.79 Å². The number of amides is 1. The van der Waals surface area contributed by atoms with Gasteiger partial charge in [-0.3, -0.25) is 4.79 Å². The summed E-state index contributed by atoms with van der Waals surface area (Å²) in [6, 6.07) is 4.74. The maximum Gasteiger partial charge on any atom is 0.326 e. The minimum Gasteiger partial charge on any atom is -0.480 e. The number of carbonyl (C=O) groups is 2. The van der Waals surface area contributed by atoms with Crippen molar-refractivity contribution in [3.05, 3.63) is 33.8 Å². The molecular weight excluding hydrogens is 298 g/mol. The summed E-state index contributed by atoms with van der Waals surface area (Å²) in [6.07, 6.45) is 1.27. The molecule has 1 aromatic carbocycles. The summed E-state index contributed by atoms with van der Waals surface area (Å²) in [5.74, 6) is -1.14. The van der Waals surface area contributed by atoms with Crippen molar-refractivity contribution in [2.75, 3.05) is 6.54 Å². The molecule has 1 amide bonds. The Morgan fingerprint density at radius 2 is 2.17 bits per heavy atom. The highest BCUT2D eigenvalue weighted by molar-refractivity contribution is 9.10. The van der Waals surface area contributed by atoms with Gasteiger partial charge in [0.2, 0.25) is 0 Å². The van der Waals surface area contributed by atoms with E-state index < -0.39 is 12.0 Å². The average Bonchev–Trinajstić information content (AvgIpc) is 2.81. The molecule has 1 unspecified atom stereocenters. The number of carbonyl (C=O) groups excluding carboxylic acids is 1. The molecule has 0 bridgehead atoms. The normalized spacial score (nSPS) is 19.0. The molecule has 1 atom stereocenters. The summed E-state index contributed by atoms with van der Waals surface area (Å²) in [6.45, 7) is 2.41. The number of carboxylic acid groups (broad SMARTS) is 1. The molecule has 0 radical (unpaired) electrons. The van der Waals surface area contributed by atoms with Crippen LogP contribution >= 0.6 is 15.9 Å². The van der Waals surface area contributed by atoms with Crippen LogP contribution in [-0.2, 0) is 4.79 Å². The van der Waals surface area contributed by atoms with Gasteiger partial charge in [0, 0.05) is 11.0 Å². The average molecular weight is 312 g/mol. The lowest BCUT2D eigenvalue weighted by atomic mass is 10.1. The molecule has 0 spiro atoms. The minimum absolute atomic E-state index is 0.213. The zero-order valence-electron chi connectivity index (χ0n) is 10.0. The highest BCUT2D eigenvalue weighted by atomic mass is 79.9. The number of likely N-dealkylation sites (tertiary alicyclic amines) is 1. The van der Waals surface area contributed by atoms with E-state index >= 15 is 0 Å². The number of nitrogens with zero attached hydrogens (tertiary/aromatic N) is 1. The SMILES string of the molecule is Cc1cccc(C(=O)N2CCCC2C(=O)O)c1Br. The molecule has 1 saturated heterocycles. The zero-order valence-corrected chi connectivity index (χ0v) is 11.6. The predicted molar refractivity (Wildman–Crippen MR) is 70.6 cm³/mol. The molecule has 96 valence electrons. The molecule has 0 saturated carbocycles. The first-order chi connectivity index (χ1) is 8.52. The highest BCUT2D eigenvalue weighted by Crippen LogP contribution is 2.26. The molecule has 1 fully saturated rings. The smallest absolute Gasteiger partial charge is 0.326 e.